The normalized spacial score (nSPS) is 21.4. The van der Waals surface area contributed by atoms with E-state index in [4.69, 9.17) is 10.5 Å². The first kappa shape index (κ1) is 18.5. The Morgan fingerprint density at radius 1 is 1.03 bits per heavy atom. The fourth-order valence-electron chi connectivity index (χ4n) is 4.59. The van der Waals surface area contributed by atoms with Gasteiger partial charge in [-0.1, -0.05) is 54.6 Å². The second-order valence-electron chi connectivity index (χ2n) is 7.99. The van der Waals surface area contributed by atoms with Gasteiger partial charge >= 0.3 is 0 Å². The molecule has 0 saturated carbocycles. The molecule has 3 aromatic rings. The van der Waals surface area contributed by atoms with E-state index < -0.39 is 0 Å². The maximum atomic E-state index is 11.6. The molecule has 1 aliphatic heterocycles. The van der Waals surface area contributed by atoms with Crippen molar-refractivity contribution in [3.8, 4) is 5.75 Å². The van der Waals surface area contributed by atoms with Crippen LogP contribution in [0.4, 0.5) is 5.69 Å². The van der Waals surface area contributed by atoms with Crippen LogP contribution in [0.3, 0.4) is 0 Å². The summed E-state index contributed by atoms with van der Waals surface area (Å²) in [5, 5.41) is 3.70. The number of fused-ring (bicyclic) bond motifs is 3. The van der Waals surface area contributed by atoms with Crippen molar-refractivity contribution in [3.63, 3.8) is 0 Å². The van der Waals surface area contributed by atoms with Crippen molar-refractivity contribution in [2.45, 2.75) is 25.0 Å². The number of nitrogens with one attached hydrogen (secondary N) is 1. The average molecular weight is 396 g/mol. The summed E-state index contributed by atoms with van der Waals surface area (Å²) in [6.07, 6.45) is 5.52. The smallest absolute Gasteiger partial charge is 0.248 e. The molecule has 1 aliphatic carbocycles. The van der Waals surface area contributed by atoms with Crippen LogP contribution < -0.4 is 15.8 Å². The van der Waals surface area contributed by atoms with Crippen LogP contribution in [0.1, 0.15) is 45.4 Å². The van der Waals surface area contributed by atoms with Crippen molar-refractivity contribution >= 4 is 11.6 Å². The third kappa shape index (κ3) is 3.45. The van der Waals surface area contributed by atoms with Crippen molar-refractivity contribution in [2.24, 2.45) is 11.7 Å². The number of benzene rings is 3. The van der Waals surface area contributed by atoms with Crippen LogP contribution in [-0.2, 0) is 6.61 Å². The highest BCUT2D eigenvalue weighted by Crippen LogP contribution is 2.50. The SMILES string of the molecule is NC(=O)c1ccc2c(c1)C1C=CCC1C(c1ccc(OCc3ccccc3)cc1)N2. The largest absolute Gasteiger partial charge is 0.489 e. The summed E-state index contributed by atoms with van der Waals surface area (Å²) in [6.45, 7) is 0.562. The molecule has 4 heteroatoms. The van der Waals surface area contributed by atoms with E-state index in [1.54, 1.807) is 6.07 Å². The van der Waals surface area contributed by atoms with Crippen molar-refractivity contribution < 1.29 is 9.53 Å². The summed E-state index contributed by atoms with van der Waals surface area (Å²) >= 11 is 0. The Morgan fingerprint density at radius 2 is 1.83 bits per heavy atom. The van der Waals surface area contributed by atoms with Gasteiger partial charge in [0.1, 0.15) is 12.4 Å². The van der Waals surface area contributed by atoms with Crippen molar-refractivity contribution in [1.29, 1.82) is 0 Å². The number of amides is 1. The van der Waals surface area contributed by atoms with Gasteiger partial charge in [0.15, 0.2) is 0 Å². The number of primary amides is 1. The van der Waals surface area contributed by atoms with E-state index in [1.807, 2.05) is 42.5 Å². The predicted molar refractivity (Wildman–Crippen MR) is 119 cm³/mol. The summed E-state index contributed by atoms with van der Waals surface area (Å²) in [5.41, 5.74) is 10.7. The summed E-state index contributed by atoms with van der Waals surface area (Å²) in [4.78, 5) is 11.6. The molecule has 3 aromatic carbocycles. The number of carbonyl (C=O) groups is 1. The standard InChI is InChI=1S/C26H24N2O2/c27-26(29)19-11-14-24-23(15-19)21-7-4-8-22(21)25(28-24)18-9-12-20(13-10-18)30-16-17-5-2-1-3-6-17/h1-7,9-15,21-22,25,28H,8,16H2,(H2,27,29). The second-order valence-corrected chi connectivity index (χ2v) is 7.99. The minimum absolute atomic E-state index is 0.208. The molecule has 1 heterocycles. The van der Waals surface area contributed by atoms with Gasteiger partial charge in [0.05, 0.1) is 6.04 Å². The second kappa shape index (κ2) is 7.71. The topological polar surface area (TPSA) is 64.4 Å². The highest BCUT2D eigenvalue weighted by Gasteiger charge is 2.38. The van der Waals surface area contributed by atoms with E-state index in [-0.39, 0.29) is 11.9 Å². The Morgan fingerprint density at radius 3 is 2.60 bits per heavy atom. The minimum atomic E-state index is -0.385. The fourth-order valence-corrected chi connectivity index (χ4v) is 4.59. The molecule has 0 fully saturated rings. The maximum absolute atomic E-state index is 11.6. The number of nitrogens with two attached hydrogens (primary N) is 1. The zero-order valence-corrected chi connectivity index (χ0v) is 16.6. The first-order valence-corrected chi connectivity index (χ1v) is 10.3. The van der Waals surface area contributed by atoms with E-state index in [0.717, 1.165) is 29.0 Å². The molecule has 0 aromatic heterocycles. The van der Waals surface area contributed by atoms with Crippen LogP contribution in [0.2, 0.25) is 0 Å². The molecule has 0 radical (unpaired) electrons. The van der Waals surface area contributed by atoms with Gasteiger partial charge in [-0.15, -0.1) is 0 Å². The monoisotopic (exact) mass is 396 g/mol. The first-order valence-electron chi connectivity index (χ1n) is 10.3. The minimum Gasteiger partial charge on any atom is -0.489 e. The third-order valence-corrected chi connectivity index (χ3v) is 6.13. The quantitative estimate of drug-likeness (QED) is 0.583. The van der Waals surface area contributed by atoms with Crippen LogP contribution in [0.5, 0.6) is 5.75 Å². The predicted octanol–water partition coefficient (Wildman–Crippen LogP) is 5.19. The number of allylic oxidation sites excluding steroid dienone is 2. The van der Waals surface area contributed by atoms with Crippen LogP contribution in [0.25, 0.3) is 0 Å². The first-order chi connectivity index (χ1) is 14.7. The van der Waals surface area contributed by atoms with Gasteiger partial charge in [-0.25, -0.2) is 0 Å². The Balaban J connectivity index is 1.36. The van der Waals surface area contributed by atoms with E-state index in [2.05, 4.69) is 41.7 Å². The number of hydrogen-bond acceptors (Lipinski definition) is 3. The number of carbonyl (C=O) groups excluding carboxylic acids is 1. The Bertz CT molecular complexity index is 1090. The van der Waals surface area contributed by atoms with Crippen LogP contribution in [0, 0.1) is 5.92 Å². The van der Waals surface area contributed by atoms with E-state index in [1.165, 1.54) is 5.56 Å². The molecule has 4 nitrogen and oxygen atoms in total. The summed E-state index contributed by atoms with van der Waals surface area (Å²) in [6, 6.07) is 24.5. The van der Waals surface area contributed by atoms with Gasteiger partial charge in [-0.05, 0) is 59.4 Å². The highest BCUT2D eigenvalue weighted by atomic mass is 16.5. The molecule has 5 rings (SSSR count). The third-order valence-electron chi connectivity index (χ3n) is 6.13. The summed E-state index contributed by atoms with van der Waals surface area (Å²) in [5.74, 6) is 1.19. The van der Waals surface area contributed by atoms with Crippen LogP contribution in [0.15, 0.2) is 84.9 Å². The molecule has 1 amide bonds. The summed E-state index contributed by atoms with van der Waals surface area (Å²) in [7, 11) is 0. The van der Waals surface area contributed by atoms with Gasteiger partial charge in [-0.3, -0.25) is 4.79 Å². The lowest BCUT2D eigenvalue weighted by molar-refractivity contribution is 0.1000. The molecule has 30 heavy (non-hydrogen) atoms. The molecule has 3 N–H and O–H groups in total. The molecule has 3 atom stereocenters. The number of rotatable bonds is 5. The van der Waals surface area contributed by atoms with Crippen LogP contribution >= 0.6 is 0 Å². The molecular formula is C26H24N2O2. The molecule has 0 saturated heterocycles. The van der Waals surface area contributed by atoms with Gasteiger partial charge in [0, 0.05) is 17.2 Å². The van der Waals surface area contributed by atoms with Gasteiger partial charge in [0.2, 0.25) is 5.91 Å². The zero-order chi connectivity index (χ0) is 20.5. The summed E-state index contributed by atoms with van der Waals surface area (Å²) < 4.78 is 5.94. The Kier molecular flexibility index (Phi) is 4.75. The molecular weight excluding hydrogens is 372 g/mol. The molecule has 3 unspecified atom stereocenters. The molecule has 2 aliphatic rings. The van der Waals surface area contributed by atoms with Crippen molar-refractivity contribution in [3.05, 3.63) is 107 Å². The van der Waals surface area contributed by atoms with Crippen molar-refractivity contribution in [2.75, 3.05) is 5.32 Å². The molecule has 150 valence electrons. The van der Waals surface area contributed by atoms with E-state index in [9.17, 15) is 4.79 Å². The number of anilines is 1. The van der Waals surface area contributed by atoms with Crippen LogP contribution in [-0.4, -0.2) is 5.91 Å². The van der Waals surface area contributed by atoms with E-state index in [0.29, 0.717) is 24.0 Å². The fraction of sp³-hybridized carbons (Fsp3) is 0.192. The molecule has 0 spiro atoms. The van der Waals surface area contributed by atoms with Crippen molar-refractivity contribution in [1.82, 2.24) is 0 Å². The lowest BCUT2D eigenvalue weighted by atomic mass is 9.76. The maximum Gasteiger partial charge on any atom is 0.248 e. The lowest BCUT2D eigenvalue weighted by Crippen LogP contribution is -2.29. The number of ether oxygens (including phenoxy) is 1. The van der Waals surface area contributed by atoms with Gasteiger partial charge in [0.25, 0.3) is 0 Å². The number of hydrogen-bond donors (Lipinski definition) is 2. The Labute approximate surface area is 176 Å². The highest BCUT2D eigenvalue weighted by molar-refractivity contribution is 5.93. The van der Waals surface area contributed by atoms with E-state index >= 15 is 0 Å². The average Bonchev–Trinajstić information content (AvgIpc) is 3.28. The lowest BCUT2D eigenvalue weighted by Gasteiger charge is -2.37. The van der Waals surface area contributed by atoms with Gasteiger partial charge in [-0.2, -0.15) is 0 Å². The van der Waals surface area contributed by atoms with Gasteiger partial charge < -0.3 is 15.8 Å². The molecule has 0 bridgehead atoms. The zero-order valence-electron chi connectivity index (χ0n) is 16.6. The Hall–Kier alpha value is -3.53.